The van der Waals surface area contributed by atoms with Gasteiger partial charge in [-0.25, -0.2) is 4.98 Å². The van der Waals surface area contributed by atoms with Crippen molar-refractivity contribution in [2.75, 3.05) is 0 Å². The molecular weight excluding hydrogens is 190 g/mol. The van der Waals surface area contributed by atoms with Crippen molar-refractivity contribution in [2.45, 2.75) is 0 Å². The normalized spacial score (nSPS) is 10.0. The zero-order valence-corrected chi connectivity index (χ0v) is 7.65. The summed E-state index contributed by atoms with van der Waals surface area (Å²) in [4.78, 5) is 4.15. The fourth-order valence-corrected chi connectivity index (χ4v) is 1.61. The lowest BCUT2D eigenvalue weighted by atomic mass is 10.2. The van der Waals surface area contributed by atoms with E-state index in [0.717, 1.165) is 11.3 Å². The molecule has 0 amide bonds. The van der Waals surface area contributed by atoms with Crippen molar-refractivity contribution < 1.29 is 0 Å². The molecule has 0 aromatic carbocycles. The topological polar surface area (TPSA) is 41.6 Å². The number of nitrogens with one attached hydrogen (secondary N) is 1. The molecule has 60 valence electrons. The van der Waals surface area contributed by atoms with Gasteiger partial charge in [-0.1, -0.05) is 12.2 Å². The smallest absolute Gasteiger partial charge is 0.120 e. The van der Waals surface area contributed by atoms with Crippen LogP contribution in [0.1, 0.15) is 0 Å². The molecule has 0 atom stereocenters. The number of thiazole rings is 1. The van der Waals surface area contributed by atoms with E-state index in [0.29, 0.717) is 4.64 Å². The first-order chi connectivity index (χ1) is 5.86. The molecule has 3 nitrogen and oxygen atoms in total. The Bertz CT molecular complexity index is 418. The molecular formula is C7H5N3S2. The highest BCUT2D eigenvalue weighted by atomic mass is 32.1. The van der Waals surface area contributed by atoms with Crippen LogP contribution in [0.5, 0.6) is 0 Å². The van der Waals surface area contributed by atoms with E-state index in [1.807, 2.05) is 11.4 Å². The molecule has 2 aromatic rings. The maximum absolute atomic E-state index is 4.93. The zero-order valence-electron chi connectivity index (χ0n) is 6.02. The summed E-state index contributed by atoms with van der Waals surface area (Å²) in [6.07, 6.45) is 1.71. The molecule has 5 heteroatoms. The van der Waals surface area contributed by atoms with Gasteiger partial charge in [0.1, 0.15) is 4.64 Å². The largest absolute Gasteiger partial charge is 0.268 e. The monoisotopic (exact) mass is 195 g/mol. The van der Waals surface area contributed by atoms with Gasteiger partial charge in [0.15, 0.2) is 0 Å². The standard InChI is InChI=1S/C7H5N3S2/c11-7-1-5(2-9-10-7)6-3-12-4-8-6/h1-4H,(H,10,11). The van der Waals surface area contributed by atoms with Crippen molar-refractivity contribution >= 4 is 23.6 Å². The SMILES string of the molecule is S=c1cc(-c2cscn2)cn[nH]1. The first-order valence-corrected chi connectivity index (χ1v) is 4.64. The molecule has 0 bridgehead atoms. The Balaban J connectivity index is 2.55. The predicted octanol–water partition coefficient (Wildman–Crippen LogP) is 2.26. The molecule has 0 aliphatic rings. The van der Waals surface area contributed by atoms with Crippen molar-refractivity contribution in [3.63, 3.8) is 0 Å². The molecule has 0 unspecified atom stereocenters. The summed E-state index contributed by atoms with van der Waals surface area (Å²) >= 11 is 6.49. The van der Waals surface area contributed by atoms with Gasteiger partial charge >= 0.3 is 0 Å². The minimum Gasteiger partial charge on any atom is -0.268 e. The van der Waals surface area contributed by atoms with Crippen LogP contribution in [0.15, 0.2) is 23.2 Å². The van der Waals surface area contributed by atoms with E-state index in [1.54, 1.807) is 23.0 Å². The van der Waals surface area contributed by atoms with E-state index in [4.69, 9.17) is 12.2 Å². The molecule has 0 spiro atoms. The minimum absolute atomic E-state index is 0.625. The average molecular weight is 195 g/mol. The van der Waals surface area contributed by atoms with E-state index in [-0.39, 0.29) is 0 Å². The lowest BCUT2D eigenvalue weighted by molar-refractivity contribution is 1.02. The van der Waals surface area contributed by atoms with Crippen LogP contribution < -0.4 is 0 Å². The highest BCUT2D eigenvalue weighted by molar-refractivity contribution is 7.71. The van der Waals surface area contributed by atoms with Crippen molar-refractivity contribution in [3.8, 4) is 11.3 Å². The van der Waals surface area contributed by atoms with Crippen LogP contribution in [-0.4, -0.2) is 15.2 Å². The zero-order chi connectivity index (χ0) is 8.39. The second kappa shape index (κ2) is 3.12. The third kappa shape index (κ3) is 1.41. The van der Waals surface area contributed by atoms with Gasteiger partial charge in [0.2, 0.25) is 0 Å². The number of H-pyrrole nitrogens is 1. The van der Waals surface area contributed by atoms with E-state index in [9.17, 15) is 0 Å². The van der Waals surface area contributed by atoms with Crippen LogP contribution in [0.3, 0.4) is 0 Å². The molecule has 0 aliphatic heterocycles. The Labute approximate surface area is 78.1 Å². The number of hydrogen-bond donors (Lipinski definition) is 1. The minimum atomic E-state index is 0.625. The molecule has 0 fully saturated rings. The van der Waals surface area contributed by atoms with E-state index < -0.39 is 0 Å². The lowest BCUT2D eigenvalue weighted by Gasteiger charge is -1.92. The van der Waals surface area contributed by atoms with Crippen LogP contribution in [0.25, 0.3) is 11.3 Å². The number of aromatic nitrogens is 3. The lowest BCUT2D eigenvalue weighted by Crippen LogP contribution is -1.83. The molecule has 0 radical (unpaired) electrons. The van der Waals surface area contributed by atoms with Crippen molar-refractivity contribution in [2.24, 2.45) is 0 Å². The predicted molar refractivity (Wildman–Crippen MR) is 50.5 cm³/mol. The summed E-state index contributed by atoms with van der Waals surface area (Å²) in [6.45, 7) is 0. The number of rotatable bonds is 1. The van der Waals surface area contributed by atoms with E-state index >= 15 is 0 Å². The molecule has 2 heterocycles. The van der Waals surface area contributed by atoms with Crippen LogP contribution in [0, 0.1) is 4.64 Å². The van der Waals surface area contributed by atoms with Crippen molar-refractivity contribution in [1.29, 1.82) is 0 Å². The molecule has 2 rings (SSSR count). The van der Waals surface area contributed by atoms with Gasteiger partial charge in [0, 0.05) is 10.9 Å². The molecule has 12 heavy (non-hydrogen) atoms. The van der Waals surface area contributed by atoms with Gasteiger partial charge in [0.05, 0.1) is 17.4 Å². The fraction of sp³-hybridized carbons (Fsp3) is 0. The summed E-state index contributed by atoms with van der Waals surface area (Å²) in [5.41, 5.74) is 3.67. The van der Waals surface area contributed by atoms with Gasteiger partial charge < -0.3 is 0 Å². The highest BCUT2D eigenvalue weighted by Crippen LogP contribution is 2.16. The third-order valence-corrected chi connectivity index (χ3v) is 2.19. The average Bonchev–Trinajstić information content (AvgIpc) is 2.56. The Morgan fingerprint density at radius 3 is 3.08 bits per heavy atom. The van der Waals surface area contributed by atoms with Gasteiger partial charge in [-0.15, -0.1) is 11.3 Å². The molecule has 1 N–H and O–H groups in total. The van der Waals surface area contributed by atoms with Crippen LogP contribution >= 0.6 is 23.6 Å². The maximum atomic E-state index is 4.93. The fourth-order valence-electron chi connectivity index (χ4n) is 0.871. The summed E-state index contributed by atoms with van der Waals surface area (Å²) in [6, 6.07) is 1.84. The first kappa shape index (κ1) is 7.57. The quantitative estimate of drug-likeness (QED) is 0.710. The van der Waals surface area contributed by atoms with Crippen LogP contribution in [-0.2, 0) is 0 Å². The third-order valence-electron chi connectivity index (χ3n) is 1.39. The highest BCUT2D eigenvalue weighted by Gasteiger charge is 1.98. The summed E-state index contributed by atoms with van der Waals surface area (Å²) in [5, 5.41) is 8.51. The Morgan fingerprint density at radius 2 is 2.42 bits per heavy atom. The van der Waals surface area contributed by atoms with Gasteiger partial charge in [-0.05, 0) is 6.07 Å². The van der Waals surface area contributed by atoms with Crippen LogP contribution in [0.2, 0.25) is 0 Å². The molecule has 0 saturated heterocycles. The first-order valence-electron chi connectivity index (χ1n) is 3.29. The van der Waals surface area contributed by atoms with Gasteiger partial charge in [-0.3, -0.25) is 5.10 Å². The summed E-state index contributed by atoms with van der Waals surface area (Å²) in [5.74, 6) is 0. The van der Waals surface area contributed by atoms with Crippen molar-refractivity contribution in [1.82, 2.24) is 15.2 Å². The maximum Gasteiger partial charge on any atom is 0.120 e. The van der Waals surface area contributed by atoms with Crippen molar-refractivity contribution in [3.05, 3.63) is 27.8 Å². The molecule has 2 aromatic heterocycles. The van der Waals surface area contributed by atoms with Gasteiger partial charge in [0.25, 0.3) is 0 Å². The summed E-state index contributed by atoms with van der Waals surface area (Å²) < 4.78 is 0.625. The second-order valence-corrected chi connectivity index (χ2v) is 3.37. The van der Waals surface area contributed by atoms with E-state index in [1.165, 1.54) is 0 Å². The Kier molecular flexibility index (Phi) is 1.97. The number of nitrogens with zero attached hydrogens (tertiary/aromatic N) is 2. The van der Waals surface area contributed by atoms with E-state index in [2.05, 4.69) is 15.2 Å². The number of aromatic amines is 1. The Hall–Kier alpha value is -1.07. The molecule has 0 saturated carbocycles. The summed E-state index contributed by atoms with van der Waals surface area (Å²) in [7, 11) is 0. The van der Waals surface area contributed by atoms with Crippen LogP contribution in [0.4, 0.5) is 0 Å². The number of hydrogen-bond acceptors (Lipinski definition) is 4. The Morgan fingerprint density at radius 1 is 1.50 bits per heavy atom. The second-order valence-electron chi connectivity index (χ2n) is 2.21. The molecule has 0 aliphatic carbocycles. The van der Waals surface area contributed by atoms with Gasteiger partial charge in [-0.2, -0.15) is 5.10 Å².